The lowest BCUT2D eigenvalue weighted by molar-refractivity contribution is 0.101. The summed E-state index contributed by atoms with van der Waals surface area (Å²) >= 11 is 6.35. The molecule has 0 unspecified atom stereocenters. The monoisotopic (exact) mass is 368 g/mol. The van der Waals surface area contributed by atoms with E-state index in [-0.39, 0.29) is 22.2 Å². The number of Topliss-reactive ketones (excluding diaryl/α,β-unsaturated/α-hetero) is 2. The Bertz CT molecular complexity index is 566. The van der Waals surface area contributed by atoms with Crippen molar-refractivity contribution in [2.75, 3.05) is 10.7 Å². The Morgan fingerprint density at radius 1 is 0.778 bits per heavy atom. The minimum atomic E-state index is 0.0176. The Hall–Kier alpha value is -1.00. The van der Waals surface area contributed by atoms with Crippen LogP contribution in [-0.4, -0.2) is 22.2 Å². The van der Waals surface area contributed by atoms with Gasteiger partial charge in [-0.15, -0.1) is 0 Å². The van der Waals surface area contributed by atoms with Gasteiger partial charge in [-0.1, -0.05) is 68.3 Å². The molecule has 18 heavy (non-hydrogen) atoms. The van der Waals surface area contributed by atoms with Crippen molar-refractivity contribution in [3.05, 3.63) is 47.5 Å². The van der Waals surface area contributed by atoms with E-state index in [4.69, 9.17) is 0 Å². The van der Waals surface area contributed by atoms with Gasteiger partial charge < -0.3 is 0 Å². The SMILES string of the molecule is O=C(CBr)c1ccc(C(=O)CBr)c2ccccc12. The first kappa shape index (κ1) is 13.4. The Morgan fingerprint density at radius 2 is 1.17 bits per heavy atom. The van der Waals surface area contributed by atoms with Crippen LogP contribution in [0.3, 0.4) is 0 Å². The Labute approximate surface area is 122 Å². The zero-order valence-corrected chi connectivity index (χ0v) is 12.6. The minimum Gasteiger partial charge on any atom is -0.293 e. The second-order valence-electron chi connectivity index (χ2n) is 3.82. The molecule has 2 aromatic carbocycles. The molecule has 2 nitrogen and oxygen atoms in total. The molecule has 0 saturated heterocycles. The Balaban J connectivity index is 2.74. The zero-order chi connectivity index (χ0) is 13.1. The number of benzene rings is 2. The van der Waals surface area contributed by atoms with Crippen molar-refractivity contribution in [2.24, 2.45) is 0 Å². The lowest BCUT2D eigenvalue weighted by Gasteiger charge is -2.08. The molecule has 0 aliphatic heterocycles. The molecule has 2 aromatic rings. The molecule has 0 aromatic heterocycles. The molecule has 0 saturated carbocycles. The third kappa shape index (κ3) is 2.40. The van der Waals surface area contributed by atoms with Crippen LogP contribution in [0.15, 0.2) is 36.4 Å². The fourth-order valence-corrected chi connectivity index (χ4v) is 2.53. The van der Waals surface area contributed by atoms with Crippen molar-refractivity contribution in [3.8, 4) is 0 Å². The first-order valence-corrected chi connectivity index (χ1v) is 7.63. The summed E-state index contributed by atoms with van der Waals surface area (Å²) in [5.74, 6) is 0.0353. The maximum absolute atomic E-state index is 11.8. The standard InChI is InChI=1S/C14H10Br2O2/c15-7-13(17)11-5-6-12(14(18)8-16)10-4-2-1-3-9(10)11/h1-6H,7-8H2. The van der Waals surface area contributed by atoms with E-state index in [0.717, 1.165) is 10.8 Å². The fraction of sp³-hybridized carbons (Fsp3) is 0.143. The van der Waals surface area contributed by atoms with Gasteiger partial charge in [-0.3, -0.25) is 9.59 Å². The van der Waals surface area contributed by atoms with Crippen molar-refractivity contribution in [1.82, 2.24) is 0 Å². The summed E-state index contributed by atoms with van der Waals surface area (Å²) in [6, 6.07) is 10.9. The number of carbonyl (C=O) groups excluding carboxylic acids is 2. The van der Waals surface area contributed by atoms with E-state index in [1.807, 2.05) is 24.3 Å². The first-order chi connectivity index (χ1) is 8.69. The van der Waals surface area contributed by atoms with Crippen LogP contribution in [0.2, 0.25) is 0 Å². The van der Waals surface area contributed by atoms with Crippen LogP contribution in [-0.2, 0) is 0 Å². The highest BCUT2D eigenvalue weighted by Crippen LogP contribution is 2.24. The molecule has 0 N–H and O–H groups in total. The number of halogens is 2. The molecule has 0 aliphatic carbocycles. The van der Waals surface area contributed by atoms with Crippen LogP contribution in [0, 0.1) is 0 Å². The van der Waals surface area contributed by atoms with E-state index in [0.29, 0.717) is 11.1 Å². The zero-order valence-electron chi connectivity index (χ0n) is 9.45. The highest BCUT2D eigenvalue weighted by atomic mass is 79.9. The molecular weight excluding hydrogens is 360 g/mol. The van der Waals surface area contributed by atoms with E-state index in [1.54, 1.807) is 12.1 Å². The molecule has 0 amide bonds. The van der Waals surface area contributed by atoms with Gasteiger partial charge in [0.2, 0.25) is 0 Å². The molecule has 0 radical (unpaired) electrons. The van der Waals surface area contributed by atoms with Crippen LogP contribution >= 0.6 is 31.9 Å². The van der Waals surface area contributed by atoms with E-state index < -0.39 is 0 Å². The summed E-state index contributed by atoms with van der Waals surface area (Å²) in [4.78, 5) is 23.7. The van der Waals surface area contributed by atoms with Gasteiger partial charge in [0.15, 0.2) is 11.6 Å². The molecule has 0 bridgehead atoms. The minimum absolute atomic E-state index is 0.0176. The number of rotatable bonds is 4. The maximum atomic E-state index is 11.8. The third-order valence-electron chi connectivity index (χ3n) is 2.77. The fourth-order valence-electron chi connectivity index (χ4n) is 1.93. The van der Waals surface area contributed by atoms with Gasteiger partial charge in [-0.25, -0.2) is 0 Å². The average molecular weight is 370 g/mol. The number of ketones is 2. The van der Waals surface area contributed by atoms with Crippen LogP contribution < -0.4 is 0 Å². The Kier molecular flexibility index (Phi) is 4.30. The second kappa shape index (κ2) is 5.76. The van der Waals surface area contributed by atoms with Crippen LogP contribution in [0.1, 0.15) is 20.7 Å². The summed E-state index contributed by atoms with van der Waals surface area (Å²) < 4.78 is 0. The van der Waals surface area contributed by atoms with Gasteiger partial charge in [0.05, 0.1) is 10.7 Å². The molecule has 4 heteroatoms. The van der Waals surface area contributed by atoms with Gasteiger partial charge in [0, 0.05) is 11.1 Å². The van der Waals surface area contributed by atoms with E-state index in [1.165, 1.54) is 0 Å². The number of hydrogen-bond donors (Lipinski definition) is 0. The molecule has 0 aliphatic rings. The summed E-state index contributed by atoms with van der Waals surface area (Å²) in [6.07, 6.45) is 0. The topological polar surface area (TPSA) is 34.1 Å². The molecular formula is C14H10Br2O2. The van der Waals surface area contributed by atoms with E-state index in [9.17, 15) is 9.59 Å². The van der Waals surface area contributed by atoms with Crippen LogP contribution in [0.4, 0.5) is 0 Å². The van der Waals surface area contributed by atoms with Gasteiger partial charge >= 0.3 is 0 Å². The van der Waals surface area contributed by atoms with Gasteiger partial charge in [-0.2, -0.15) is 0 Å². The van der Waals surface area contributed by atoms with E-state index >= 15 is 0 Å². The number of hydrogen-bond acceptors (Lipinski definition) is 2. The van der Waals surface area contributed by atoms with Gasteiger partial charge in [0.1, 0.15) is 0 Å². The van der Waals surface area contributed by atoms with Crippen molar-refractivity contribution in [2.45, 2.75) is 0 Å². The highest BCUT2D eigenvalue weighted by Gasteiger charge is 2.14. The summed E-state index contributed by atoms with van der Waals surface area (Å²) in [5, 5.41) is 2.22. The average Bonchev–Trinajstić information content (AvgIpc) is 2.44. The molecule has 0 heterocycles. The second-order valence-corrected chi connectivity index (χ2v) is 4.94. The van der Waals surface area contributed by atoms with Gasteiger partial charge in [-0.05, 0) is 10.8 Å². The lowest BCUT2D eigenvalue weighted by atomic mass is 9.96. The molecule has 2 rings (SSSR count). The Morgan fingerprint density at radius 3 is 1.50 bits per heavy atom. The number of fused-ring (bicyclic) bond motifs is 1. The summed E-state index contributed by atoms with van der Waals surface area (Å²) in [6.45, 7) is 0. The maximum Gasteiger partial charge on any atom is 0.173 e. The molecule has 92 valence electrons. The van der Waals surface area contributed by atoms with Crippen molar-refractivity contribution < 1.29 is 9.59 Å². The quantitative estimate of drug-likeness (QED) is 0.603. The number of alkyl halides is 2. The van der Waals surface area contributed by atoms with Gasteiger partial charge in [0.25, 0.3) is 0 Å². The molecule has 0 fully saturated rings. The largest absolute Gasteiger partial charge is 0.293 e. The number of carbonyl (C=O) groups is 2. The van der Waals surface area contributed by atoms with Crippen LogP contribution in [0.25, 0.3) is 10.8 Å². The normalized spacial score (nSPS) is 10.6. The van der Waals surface area contributed by atoms with Crippen molar-refractivity contribution >= 4 is 54.2 Å². The van der Waals surface area contributed by atoms with Crippen molar-refractivity contribution in [3.63, 3.8) is 0 Å². The predicted molar refractivity (Wildman–Crippen MR) is 80.2 cm³/mol. The summed E-state index contributed by atoms with van der Waals surface area (Å²) in [5.41, 5.74) is 1.29. The predicted octanol–water partition coefficient (Wildman–Crippen LogP) is 4.00. The van der Waals surface area contributed by atoms with Crippen LogP contribution in [0.5, 0.6) is 0 Å². The summed E-state index contributed by atoms with van der Waals surface area (Å²) in [7, 11) is 0. The lowest BCUT2D eigenvalue weighted by Crippen LogP contribution is -2.05. The first-order valence-electron chi connectivity index (χ1n) is 5.39. The smallest absolute Gasteiger partial charge is 0.173 e. The third-order valence-corrected chi connectivity index (χ3v) is 3.79. The van der Waals surface area contributed by atoms with E-state index in [2.05, 4.69) is 31.9 Å². The molecule has 0 spiro atoms. The molecule has 0 atom stereocenters. The highest BCUT2D eigenvalue weighted by molar-refractivity contribution is 9.09. The van der Waals surface area contributed by atoms with Crippen molar-refractivity contribution in [1.29, 1.82) is 0 Å².